The average molecular weight is 346 g/mol. The fourth-order valence-corrected chi connectivity index (χ4v) is 3.18. The summed E-state index contributed by atoms with van der Waals surface area (Å²) in [6.45, 7) is 5.47. The van der Waals surface area contributed by atoms with Crippen molar-refractivity contribution in [3.63, 3.8) is 0 Å². The van der Waals surface area contributed by atoms with Crippen LogP contribution in [-0.4, -0.2) is 49.2 Å². The summed E-state index contributed by atoms with van der Waals surface area (Å²) in [5, 5.41) is 9.54. The fraction of sp³-hybridized carbons (Fsp3) is 0.533. The van der Waals surface area contributed by atoms with Crippen molar-refractivity contribution in [2.45, 2.75) is 43.7 Å². The Labute approximate surface area is 141 Å². The second-order valence-corrected chi connectivity index (χ2v) is 7.86. The highest BCUT2D eigenvalue weighted by Gasteiger charge is 2.32. The normalized spacial score (nSPS) is 21.3. The molecule has 0 radical (unpaired) electrons. The number of amides is 1. The molecule has 1 aliphatic rings. The molecular weight excluding hydrogens is 320 g/mol. The smallest absolute Gasteiger partial charge is 0.410 e. The summed E-state index contributed by atoms with van der Waals surface area (Å²) in [7, 11) is -4.41. The van der Waals surface area contributed by atoms with Crippen LogP contribution in [0.4, 0.5) is 4.79 Å². The number of sulfonamides is 1. The van der Waals surface area contributed by atoms with Gasteiger partial charge in [0, 0.05) is 19.1 Å². The Bertz CT molecular complexity index is 841. The van der Waals surface area contributed by atoms with Crippen molar-refractivity contribution in [1.82, 2.24) is 9.62 Å². The van der Waals surface area contributed by atoms with Crippen molar-refractivity contribution in [1.29, 1.82) is 0 Å². The molecule has 0 spiro atoms. The highest BCUT2D eigenvalue weighted by molar-refractivity contribution is 7.89. The van der Waals surface area contributed by atoms with Crippen LogP contribution in [0.25, 0.3) is 0 Å². The minimum Gasteiger partial charge on any atom is -0.508 e. The predicted octanol–water partition coefficient (Wildman–Crippen LogP) is 1.68. The molecule has 0 saturated carbocycles. The van der Waals surface area contributed by atoms with E-state index in [2.05, 4.69) is 4.72 Å². The number of carbonyl (C=O) groups excluding carboxylic acids is 1. The number of rotatable bonds is 3. The van der Waals surface area contributed by atoms with Crippen LogP contribution in [0.2, 0.25) is 0 Å². The van der Waals surface area contributed by atoms with Crippen LogP contribution in [0.1, 0.15) is 32.7 Å². The van der Waals surface area contributed by atoms with Crippen LogP contribution >= 0.6 is 0 Å². The highest BCUT2D eigenvalue weighted by Crippen LogP contribution is 2.18. The number of hydrogen-bond acceptors (Lipinski definition) is 5. The number of nitrogens with one attached hydrogen (secondary N) is 1. The molecule has 1 aromatic carbocycles. The highest BCUT2D eigenvalue weighted by atomic mass is 32.2. The van der Waals surface area contributed by atoms with Gasteiger partial charge in [0.1, 0.15) is 11.4 Å². The van der Waals surface area contributed by atoms with Crippen molar-refractivity contribution < 1.29 is 28.5 Å². The first-order valence-electron chi connectivity index (χ1n) is 9.04. The van der Waals surface area contributed by atoms with Crippen LogP contribution in [-0.2, 0) is 14.8 Å². The largest absolute Gasteiger partial charge is 0.508 e. The van der Waals surface area contributed by atoms with E-state index in [9.17, 15) is 18.3 Å². The van der Waals surface area contributed by atoms with E-state index in [0.717, 1.165) is 0 Å². The molecule has 1 saturated heterocycles. The second kappa shape index (κ2) is 6.37. The van der Waals surface area contributed by atoms with Gasteiger partial charge in [0.15, 0.2) is 0 Å². The van der Waals surface area contributed by atoms with Gasteiger partial charge in [-0.2, -0.15) is 0 Å². The molecule has 8 heteroatoms. The zero-order valence-electron chi connectivity index (χ0n) is 17.1. The van der Waals surface area contributed by atoms with Crippen LogP contribution in [0, 0.1) is 0 Å². The van der Waals surface area contributed by atoms with E-state index in [0.29, 0.717) is 6.42 Å². The van der Waals surface area contributed by atoms with E-state index in [4.69, 9.17) is 10.2 Å². The van der Waals surface area contributed by atoms with Gasteiger partial charge in [0.2, 0.25) is 10.0 Å². The third-order valence-corrected chi connectivity index (χ3v) is 4.40. The monoisotopic (exact) mass is 346 g/mol. The van der Waals surface area contributed by atoms with Gasteiger partial charge in [-0.3, -0.25) is 0 Å². The molecule has 0 unspecified atom stereocenters. The Hall–Kier alpha value is -1.80. The average Bonchev–Trinajstić information content (AvgIpc) is 2.97. The number of nitrogens with zero attached hydrogens (tertiary/aromatic N) is 1. The van der Waals surface area contributed by atoms with Crippen LogP contribution in [0.3, 0.4) is 0 Å². The van der Waals surface area contributed by atoms with E-state index in [1.807, 2.05) is 0 Å². The van der Waals surface area contributed by atoms with Crippen LogP contribution in [0.5, 0.6) is 5.75 Å². The molecule has 1 fully saturated rings. The minimum absolute atomic E-state index is 0.0500. The van der Waals surface area contributed by atoms with Crippen molar-refractivity contribution >= 4 is 16.1 Å². The molecule has 7 nitrogen and oxygen atoms in total. The van der Waals surface area contributed by atoms with Gasteiger partial charge in [0.05, 0.1) is 10.4 Å². The van der Waals surface area contributed by atoms with Gasteiger partial charge in [-0.25, -0.2) is 17.9 Å². The SMILES string of the molecule is [2H]c1c([2H])c(S(=O)(=O)N[C@H]2CCN(C(=O)OC(C)(C)C)C2)c([2H])c([2H])c1O. The number of likely N-dealkylation sites (tertiary alicyclic amines) is 1. The number of phenolic OH excluding ortho intramolecular Hbond substituents is 1. The lowest BCUT2D eigenvalue weighted by Gasteiger charge is -2.24. The molecule has 2 rings (SSSR count). The maximum absolute atomic E-state index is 12.6. The van der Waals surface area contributed by atoms with E-state index >= 15 is 0 Å². The number of hydrogen-bond donors (Lipinski definition) is 2. The molecule has 23 heavy (non-hydrogen) atoms. The summed E-state index contributed by atoms with van der Waals surface area (Å²) < 4.78 is 63.4. The Morgan fingerprint density at radius 3 is 2.57 bits per heavy atom. The van der Waals surface area contributed by atoms with Gasteiger partial charge in [-0.05, 0) is 51.4 Å². The number of benzene rings is 1. The first kappa shape index (κ1) is 12.6. The first-order chi connectivity index (χ1) is 12.2. The Morgan fingerprint density at radius 2 is 2.00 bits per heavy atom. The summed E-state index contributed by atoms with van der Waals surface area (Å²) in [6.07, 6.45) is -0.267. The standard InChI is InChI=1S/C15H22N2O5S/c1-15(2,3)22-14(19)17-9-8-11(10-17)16-23(20,21)13-6-4-12(18)5-7-13/h4-7,11,16,18H,8-10H2,1-3H3/t11-/m0/s1/i4D,5D,6D,7D. The van der Waals surface area contributed by atoms with E-state index in [1.165, 1.54) is 4.90 Å². The number of ether oxygens (including phenoxy) is 1. The lowest BCUT2D eigenvalue weighted by Crippen LogP contribution is -2.40. The van der Waals surface area contributed by atoms with Crippen LogP contribution in [0.15, 0.2) is 29.1 Å². The molecule has 0 bridgehead atoms. The van der Waals surface area contributed by atoms with Gasteiger partial charge in [-0.15, -0.1) is 0 Å². The minimum atomic E-state index is -4.41. The topological polar surface area (TPSA) is 95.9 Å². The zero-order chi connectivity index (χ0) is 20.7. The summed E-state index contributed by atoms with van der Waals surface area (Å²) in [5.41, 5.74) is -0.685. The predicted molar refractivity (Wildman–Crippen MR) is 84.6 cm³/mol. The number of aromatic hydroxyl groups is 1. The van der Waals surface area contributed by atoms with E-state index in [-0.39, 0.29) is 13.1 Å². The second-order valence-electron chi connectivity index (χ2n) is 6.21. The third kappa shape index (κ3) is 4.84. The van der Waals surface area contributed by atoms with Crippen molar-refractivity contribution in [2.75, 3.05) is 13.1 Å². The Kier molecular flexibility index (Phi) is 3.49. The zero-order valence-corrected chi connectivity index (χ0v) is 14.0. The molecule has 128 valence electrons. The maximum Gasteiger partial charge on any atom is 0.410 e. The van der Waals surface area contributed by atoms with Gasteiger partial charge < -0.3 is 14.7 Å². The summed E-state index contributed by atoms with van der Waals surface area (Å²) in [5.74, 6) is -0.916. The van der Waals surface area contributed by atoms with Gasteiger partial charge in [0.25, 0.3) is 0 Å². The molecule has 2 N–H and O–H groups in total. The van der Waals surface area contributed by atoms with E-state index < -0.39 is 62.6 Å². The maximum atomic E-state index is 12.6. The summed E-state index contributed by atoms with van der Waals surface area (Å²) in [6, 6.07) is -4.05. The van der Waals surface area contributed by atoms with Crippen molar-refractivity contribution in [3.8, 4) is 5.75 Å². The lowest BCUT2D eigenvalue weighted by atomic mass is 10.2. The fourth-order valence-electron chi connectivity index (χ4n) is 2.06. The van der Waals surface area contributed by atoms with Gasteiger partial charge >= 0.3 is 6.09 Å². The Balaban J connectivity index is 2.21. The quantitative estimate of drug-likeness (QED) is 0.868. The van der Waals surface area contributed by atoms with Crippen molar-refractivity contribution in [3.05, 3.63) is 24.2 Å². The molecule has 0 aliphatic carbocycles. The molecular formula is C15H22N2O5S. The Morgan fingerprint density at radius 1 is 1.39 bits per heavy atom. The molecule has 0 aromatic heterocycles. The van der Waals surface area contributed by atoms with E-state index in [1.54, 1.807) is 20.8 Å². The molecule has 1 heterocycles. The number of phenols is 1. The summed E-state index contributed by atoms with van der Waals surface area (Å²) >= 11 is 0. The van der Waals surface area contributed by atoms with Gasteiger partial charge in [-0.1, -0.05) is 0 Å². The lowest BCUT2D eigenvalue weighted by molar-refractivity contribution is 0.0292. The third-order valence-electron chi connectivity index (χ3n) is 3.02. The van der Waals surface area contributed by atoms with Crippen molar-refractivity contribution in [2.24, 2.45) is 0 Å². The molecule has 1 aromatic rings. The first-order valence-corrected chi connectivity index (χ1v) is 8.52. The molecule has 1 aliphatic heterocycles. The molecule has 1 amide bonds. The number of carbonyl (C=O) groups is 1. The summed E-state index contributed by atoms with van der Waals surface area (Å²) in [4.78, 5) is 12.6. The molecule has 1 atom stereocenters. The van der Waals surface area contributed by atoms with Crippen LogP contribution < -0.4 is 4.72 Å².